The van der Waals surface area contributed by atoms with Crippen molar-refractivity contribution in [2.75, 3.05) is 26.7 Å². The molecule has 3 heterocycles. The molecule has 0 bridgehead atoms. The van der Waals surface area contributed by atoms with Gasteiger partial charge in [0.05, 0.1) is 5.69 Å². The molecule has 0 spiro atoms. The number of carbonyl (C=O) groups excluding carboxylic acids is 1. The van der Waals surface area contributed by atoms with Crippen molar-refractivity contribution in [1.29, 1.82) is 0 Å². The summed E-state index contributed by atoms with van der Waals surface area (Å²) in [5, 5.41) is 4.64. The monoisotopic (exact) mass is 434 g/mol. The average molecular weight is 435 g/mol. The van der Waals surface area contributed by atoms with E-state index in [2.05, 4.69) is 30.9 Å². The molecule has 2 aliphatic heterocycles. The number of benzene rings is 1. The number of likely N-dealkylation sites (tertiary alicyclic amines) is 2. The Hall–Kier alpha value is -1.92. The molecule has 0 radical (unpaired) electrons. The summed E-state index contributed by atoms with van der Waals surface area (Å²) in [7, 11) is 2.10. The van der Waals surface area contributed by atoms with E-state index in [4.69, 9.17) is 0 Å². The minimum absolute atomic E-state index is 0. The molecule has 30 heavy (non-hydrogen) atoms. The molecule has 2 fully saturated rings. The Kier molecular flexibility index (Phi) is 6.88. The molecule has 2 aliphatic rings. The zero-order chi connectivity index (χ0) is 20.7. The van der Waals surface area contributed by atoms with Crippen molar-refractivity contribution < 1.29 is 9.18 Å². The van der Waals surface area contributed by atoms with Crippen LogP contribution in [0.5, 0.6) is 0 Å². The van der Waals surface area contributed by atoms with Gasteiger partial charge >= 0.3 is 0 Å². The first kappa shape index (κ1) is 22.8. The first-order valence-electron chi connectivity index (χ1n) is 10.7. The molecule has 0 N–H and O–H groups in total. The molecule has 4 rings (SSSR count). The number of amides is 1. The predicted molar refractivity (Wildman–Crippen MR) is 118 cm³/mol. The van der Waals surface area contributed by atoms with Crippen molar-refractivity contribution in [2.45, 2.75) is 39.8 Å². The summed E-state index contributed by atoms with van der Waals surface area (Å²) in [6, 6.07) is 9.03. The number of halogens is 2. The van der Waals surface area contributed by atoms with E-state index in [9.17, 15) is 9.18 Å². The molecule has 0 aliphatic carbocycles. The fourth-order valence-corrected chi connectivity index (χ4v) is 5.18. The molecule has 0 saturated carbocycles. The van der Waals surface area contributed by atoms with E-state index < -0.39 is 0 Å². The first-order chi connectivity index (χ1) is 13.9. The molecule has 2 saturated heterocycles. The Balaban J connectivity index is 0.00000256. The fraction of sp³-hybridized carbons (Fsp3) is 0.565. The number of nitrogens with zero attached hydrogens (tertiary/aromatic N) is 4. The van der Waals surface area contributed by atoms with E-state index in [-0.39, 0.29) is 30.2 Å². The van der Waals surface area contributed by atoms with Gasteiger partial charge in [0.25, 0.3) is 5.91 Å². The van der Waals surface area contributed by atoms with Crippen LogP contribution in [0.25, 0.3) is 0 Å². The molecule has 1 aromatic carbocycles. The lowest BCUT2D eigenvalue weighted by Crippen LogP contribution is -2.34. The summed E-state index contributed by atoms with van der Waals surface area (Å²) in [5.74, 6) is 1.13. The number of aryl methyl sites for hydroxylation is 1. The number of aromatic nitrogens is 2. The summed E-state index contributed by atoms with van der Waals surface area (Å²) < 4.78 is 15.6. The summed E-state index contributed by atoms with van der Waals surface area (Å²) >= 11 is 0. The van der Waals surface area contributed by atoms with Crippen LogP contribution < -0.4 is 0 Å². The SMILES string of the molecule is CCn1nc(CC(C)C)cc1C(=O)N1C[C@@H]2CN(C)[C@@H](c3cccc(F)c3)[C@@H]2C1.Cl. The topological polar surface area (TPSA) is 41.4 Å². The van der Waals surface area contributed by atoms with Gasteiger partial charge in [0.1, 0.15) is 11.5 Å². The van der Waals surface area contributed by atoms with Gasteiger partial charge in [-0.15, -0.1) is 12.4 Å². The predicted octanol–water partition coefficient (Wildman–Crippen LogP) is 4.04. The van der Waals surface area contributed by atoms with E-state index in [1.54, 1.807) is 12.1 Å². The normalized spacial score (nSPS) is 23.7. The highest BCUT2D eigenvalue weighted by Crippen LogP contribution is 2.44. The van der Waals surface area contributed by atoms with Crippen molar-refractivity contribution in [1.82, 2.24) is 19.6 Å². The van der Waals surface area contributed by atoms with Crippen LogP contribution in [-0.2, 0) is 13.0 Å². The molecule has 3 atom stereocenters. The summed E-state index contributed by atoms with van der Waals surface area (Å²) in [6.07, 6.45) is 0.880. The summed E-state index contributed by atoms with van der Waals surface area (Å²) in [4.78, 5) is 17.6. The molecule has 1 aromatic heterocycles. The van der Waals surface area contributed by atoms with Crippen molar-refractivity contribution in [3.8, 4) is 0 Å². The number of fused-ring (bicyclic) bond motifs is 1. The third-order valence-corrected chi connectivity index (χ3v) is 6.34. The Morgan fingerprint density at radius 1 is 1.23 bits per heavy atom. The molecule has 1 amide bonds. The van der Waals surface area contributed by atoms with Gasteiger partial charge in [-0.2, -0.15) is 5.10 Å². The summed E-state index contributed by atoms with van der Waals surface area (Å²) in [6.45, 7) is 9.44. The van der Waals surface area contributed by atoms with E-state index in [1.807, 2.05) is 28.6 Å². The standard InChI is InChI=1S/C23H31FN4O.ClH/c1-5-28-21(11-19(25-28)9-15(2)3)23(29)27-13-17-12-26(4)22(20(17)14-27)16-7-6-8-18(24)10-16;/h6-8,10-11,15,17,20,22H,5,9,12-14H2,1-4H3;1H/t17-,20+,22-;/m0./s1. The smallest absolute Gasteiger partial charge is 0.272 e. The van der Waals surface area contributed by atoms with E-state index >= 15 is 0 Å². The quantitative estimate of drug-likeness (QED) is 0.713. The molecule has 0 unspecified atom stereocenters. The van der Waals surface area contributed by atoms with Crippen LogP contribution in [0.3, 0.4) is 0 Å². The number of hydrogen-bond donors (Lipinski definition) is 0. The maximum absolute atomic E-state index is 13.8. The Morgan fingerprint density at radius 3 is 2.67 bits per heavy atom. The Labute approximate surface area is 184 Å². The average Bonchev–Trinajstić information content (AvgIpc) is 3.32. The van der Waals surface area contributed by atoms with Gasteiger partial charge in [0, 0.05) is 38.1 Å². The maximum atomic E-state index is 13.8. The van der Waals surface area contributed by atoms with Gasteiger partial charge in [0.2, 0.25) is 0 Å². The van der Waals surface area contributed by atoms with Crippen LogP contribution in [0, 0.1) is 23.6 Å². The zero-order valence-electron chi connectivity index (χ0n) is 18.2. The third kappa shape index (κ3) is 4.26. The van der Waals surface area contributed by atoms with Crippen molar-refractivity contribution >= 4 is 18.3 Å². The third-order valence-electron chi connectivity index (χ3n) is 6.34. The lowest BCUT2D eigenvalue weighted by Gasteiger charge is -2.27. The van der Waals surface area contributed by atoms with Crippen LogP contribution >= 0.6 is 12.4 Å². The van der Waals surface area contributed by atoms with Gasteiger partial charge in [0.15, 0.2) is 0 Å². The summed E-state index contributed by atoms with van der Waals surface area (Å²) in [5.41, 5.74) is 2.69. The largest absolute Gasteiger partial charge is 0.337 e. The number of carbonyl (C=O) groups is 1. The number of hydrogen-bond acceptors (Lipinski definition) is 3. The van der Waals surface area contributed by atoms with Gasteiger partial charge in [-0.1, -0.05) is 26.0 Å². The second-order valence-electron chi connectivity index (χ2n) is 9.01. The highest BCUT2D eigenvalue weighted by Gasteiger charge is 2.47. The minimum Gasteiger partial charge on any atom is -0.337 e. The second-order valence-corrected chi connectivity index (χ2v) is 9.01. The maximum Gasteiger partial charge on any atom is 0.272 e. The van der Waals surface area contributed by atoms with Crippen LogP contribution in [0.4, 0.5) is 4.39 Å². The first-order valence-corrected chi connectivity index (χ1v) is 10.7. The molecular weight excluding hydrogens is 403 g/mol. The van der Waals surface area contributed by atoms with Gasteiger partial charge < -0.3 is 4.90 Å². The zero-order valence-corrected chi connectivity index (χ0v) is 19.0. The van der Waals surface area contributed by atoms with Crippen LogP contribution in [0.1, 0.15) is 48.6 Å². The Morgan fingerprint density at radius 2 is 2.00 bits per heavy atom. The van der Waals surface area contributed by atoms with Crippen molar-refractivity contribution in [3.63, 3.8) is 0 Å². The molecular formula is C23H32ClFN4O. The molecule has 164 valence electrons. The van der Waals surface area contributed by atoms with E-state index in [1.165, 1.54) is 6.07 Å². The molecule has 5 nitrogen and oxygen atoms in total. The fourth-order valence-electron chi connectivity index (χ4n) is 5.18. The second kappa shape index (κ2) is 9.06. The van der Waals surface area contributed by atoms with Gasteiger partial charge in [-0.3, -0.25) is 14.4 Å². The molecule has 7 heteroatoms. The van der Waals surface area contributed by atoms with Crippen LogP contribution in [0.2, 0.25) is 0 Å². The van der Waals surface area contributed by atoms with E-state index in [0.717, 1.165) is 30.8 Å². The molecule has 2 aromatic rings. The van der Waals surface area contributed by atoms with Gasteiger partial charge in [-0.05, 0) is 56.0 Å². The van der Waals surface area contributed by atoms with Crippen molar-refractivity contribution in [2.24, 2.45) is 17.8 Å². The van der Waals surface area contributed by atoms with Crippen molar-refractivity contribution in [3.05, 3.63) is 53.1 Å². The lowest BCUT2D eigenvalue weighted by atomic mass is 9.89. The number of rotatable bonds is 5. The van der Waals surface area contributed by atoms with Gasteiger partial charge in [-0.25, -0.2) is 4.39 Å². The van der Waals surface area contributed by atoms with Crippen LogP contribution in [-0.4, -0.2) is 52.2 Å². The Bertz CT molecular complexity index is 899. The minimum atomic E-state index is -0.199. The highest BCUT2D eigenvalue weighted by molar-refractivity contribution is 5.93. The van der Waals surface area contributed by atoms with Crippen LogP contribution in [0.15, 0.2) is 30.3 Å². The highest BCUT2D eigenvalue weighted by atomic mass is 35.5. The lowest BCUT2D eigenvalue weighted by molar-refractivity contribution is 0.0755. The van der Waals surface area contributed by atoms with E-state index in [0.29, 0.717) is 36.5 Å².